The SMILES string of the molecule is CC(C)c1ccc(-c2cc(C(=O)NCc3ccncc3)c3cc(Br)ccc3n2)cc1. The molecule has 2 aromatic carbocycles. The number of carbonyl (C=O) groups excluding carboxylic acids is 1. The zero-order valence-corrected chi connectivity index (χ0v) is 18.5. The van der Waals surface area contributed by atoms with Crippen LogP contribution in [-0.2, 0) is 6.54 Å². The molecule has 2 heterocycles. The number of rotatable bonds is 5. The standard InChI is InChI=1S/C25H22BrN3O/c1-16(2)18-3-5-19(6-4-18)24-14-22(21-13-20(26)7-8-23(21)29-24)25(30)28-15-17-9-11-27-12-10-17/h3-14,16H,15H2,1-2H3,(H,28,30). The third kappa shape index (κ3) is 4.41. The monoisotopic (exact) mass is 459 g/mol. The van der Waals surface area contributed by atoms with E-state index in [0.717, 1.165) is 32.2 Å². The van der Waals surface area contributed by atoms with Gasteiger partial charge >= 0.3 is 0 Å². The van der Waals surface area contributed by atoms with E-state index in [0.29, 0.717) is 18.0 Å². The number of halogens is 1. The van der Waals surface area contributed by atoms with Gasteiger partial charge in [-0.05, 0) is 53.4 Å². The Bertz CT molecular complexity index is 1190. The van der Waals surface area contributed by atoms with Gasteiger partial charge in [0.1, 0.15) is 0 Å². The lowest BCUT2D eigenvalue weighted by molar-refractivity contribution is 0.0952. The van der Waals surface area contributed by atoms with Crippen molar-refractivity contribution < 1.29 is 4.79 Å². The minimum absolute atomic E-state index is 0.127. The molecule has 0 bridgehead atoms. The van der Waals surface area contributed by atoms with E-state index in [1.165, 1.54) is 5.56 Å². The molecule has 4 nitrogen and oxygen atoms in total. The number of nitrogens with one attached hydrogen (secondary N) is 1. The molecule has 0 aliphatic carbocycles. The van der Waals surface area contributed by atoms with Crippen LogP contribution in [0.3, 0.4) is 0 Å². The summed E-state index contributed by atoms with van der Waals surface area (Å²) in [6.45, 7) is 4.79. The molecule has 1 N–H and O–H groups in total. The average molecular weight is 460 g/mol. The summed E-state index contributed by atoms with van der Waals surface area (Å²) in [5.41, 5.74) is 5.46. The number of hydrogen-bond acceptors (Lipinski definition) is 3. The number of aromatic nitrogens is 2. The Morgan fingerprint density at radius 3 is 2.43 bits per heavy atom. The maximum Gasteiger partial charge on any atom is 0.252 e. The van der Waals surface area contributed by atoms with Crippen molar-refractivity contribution in [3.8, 4) is 11.3 Å². The van der Waals surface area contributed by atoms with Gasteiger partial charge in [0, 0.05) is 34.4 Å². The summed E-state index contributed by atoms with van der Waals surface area (Å²) in [7, 11) is 0. The van der Waals surface area contributed by atoms with Crippen LogP contribution in [0.15, 0.2) is 77.5 Å². The summed E-state index contributed by atoms with van der Waals surface area (Å²) in [5, 5.41) is 3.84. The fraction of sp³-hybridized carbons (Fsp3) is 0.160. The molecule has 0 unspecified atom stereocenters. The van der Waals surface area contributed by atoms with Crippen LogP contribution in [0.4, 0.5) is 0 Å². The van der Waals surface area contributed by atoms with Crippen LogP contribution in [-0.4, -0.2) is 15.9 Å². The highest BCUT2D eigenvalue weighted by molar-refractivity contribution is 9.10. The molecule has 0 aliphatic heterocycles. The van der Waals surface area contributed by atoms with Crippen molar-refractivity contribution in [1.82, 2.24) is 15.3 Å². The molecule has 0 atom stereocenters. The number of benzene rings is 2. The number of hydrogen-bond donors (Lipinski definition) is 1. The van der Waals surface area contributed by atoms with Gasteiger partial charge in [-0.25, -0.2) is 4.98 Å². The largest absolute Gasteiger partial charge is 0.348 e. The summed E-state index contributed by atoms with van der Waals surface area (Å²) in [4.78, 5) is 21.9. The van der Waals surface area contributed by atoms with Crippen molar-refractivity contribution >= 4 is 32.7 Å². The Morgan fingerprint density at radius 2 is 1.73 bits per heavy atom. The molecular formula is C25H22BrN3O. The molecule has 4 aromatic rings. The summed E-state index contributed by atoms with van der Waals surface area (Å²) in [6.07, 6.45) is 3.44. The van der Waals surface area contributed by atoms with Crippen molar-refractivity contribution in [1.29, 1.82) is 0 Å². The highest BCUT2D eigenvalue weighted by Crippen LogP contribution is 2.28. The minimum atomic E-state index is -0.127. The van der Waals surface area contributed by atoms with E-state index in [2.05, 4.69) is 64.3 Å². The van der Waals surface area contributed by atoms with Gasteiger partial charge in [-0.3, -0.25) is 9.78 Å². The smallest absolute Gasteiger partial charge is 0.252 e. The van der Waals surface area contributed by atoms with Gasteiger partial charge in [-0.15, -0.1) is 0 Å². The van der Waals surface area contributed by atoms with Crippen LogP contribution >= 0.6 is 15.9 Å². The molecule has 0 spiro atoms. The fourth-order valence-electron chi connectivity index (χ4n) is 3.35. The number of fused-ring (bicyclic) bond motifs is 1. The molecule has 150 valence electrons. The molecule has 0 fully saturated rings. The number of pyridine rings is 2. The lowest BCUT2D eigenvalue weighted by atomic mass is 9.99. The van der Waals surface area contributed by atoms with Gasteiger partial charge in [0.05, 0.1) is 16.8 Å². The van der Waals surface area contributed by atoms with E-state index in [1.807, 2.05) is 36.4 Å². The Morgan fingerprint density at radius 1 is 1.00 bits per heavy atom. The summed E-state index contributed by atoms with van der Waals surface area (Å²) in [6, 6.07) is 19.9. The van der Waals surface area contributed by atoms with E-state index in [1.54, 1.807) is 12.4 Å². The second-order valence-corrected chi connectivity index (χ2v) is 8.45. The van der Waals surface area contributed by atoms with Crippen LogP contribution in [0.5, 0.6) is 0 Å². The first-order valence-corrected chi connectivity index (χ1v) is 10.7. The highest BCUT2D eigenvalue weighted by atomic mass is 79.9. The second-order valence-electron chi connectivity index (χ2n) is 7.53. The molecule has 4 rings (SSSR count). The molecule has 0 saturated carbocycles. The first-order valence-electron chi connectivity index (χ1n) is 9.89. The lowest BCUT2D eigenvalue weighted by Crippen LogP contribution is -2.23. The Balaban J connectivity index is 1.73. The molecular weight excluding hydrogens is 438 g/mol. The van der Waals surface area contributed by atoms with Crippen molar-refractivity contribution in [2.45, 2.75) is 26.3 Å². The van der Waals surface area contributed by atoms with Gasteiger partial charge in [-0.1, -0.05) is 54.0 Å². The van der Waals surface area contributed by atoms with E-state index >= 15 is 0 Å². The molecule has 0 aliphatic rings. The van der Waals surface area contributed by atoms with Crippen LogP contribution in [0, 0.1) is 0 Å². The number of carbonyl (C=O) groups is 1. The topological polar surface area (TPSA) is 54.9 Å². The molecule has 0 saturated heterocycles. The molecule has 0 radical (unpaired) electrons. The predicted octanol–water partition coefficient (Wildman–Crippen LogP) is 6.11. The molecule has 5 heteroatoms. The first kappa shape index (κ1) is 20.2. The number of nitrogens with zero attached hydrogens (tertiary/aromatic N) is 2. The number of amides is 1. The Hall–Kier alpha value is -3.05. The van der Waals surface area contributed by atoms with Gasteiger partial charge in [0.2, 0.25) is 0 Å². The first-order chi connectivity index (χ1) is 14.5. The minimum Gasteiger partial charge on any atom is -0.348 e. The normalized spacial score (nSPS) is 11.1. The van der Waals surface area contributed by atoms with Gasteiger partial charge in [0.15, 0.2) is 0 Å². The van der Waals surface area contributed by atoms with E-state index in [4.69, 9.17) is 4.98 Å². The maximum absolute atomic E-state index is 13.1. The van der Waals surface area contributed by atoms with Gasteiger partial charge in [0.25, 0.3) is 5.91 Å². The summed E-state index contributed by atoms with van der Waals surface area (Å²) in [5.74, 6) is 0.341. The summed E-state index contributed by atoms with van der Waals surface area (Å²) >= 11 is 3.51. The van der Waals surface area contributed by atoms with Crippen molar-refractivity contribution in [2.24, 2.45) is 0 Å². The molecule has 30 heavy (non-hydrogen) atoms. The average Bonchev–Trinajstić information content (AvgIpc) is 2.77. The van der Waals surface area contributed by atoms with Crippen LogP contribution in [0.2, 0.25) is 0 Å². The van der Waals surface area contributed by atoms with Crippen LogP contribution in [0.25, 0.3) is 22.2 Å². The van der Waals surface area contributed by atoms with E-state index in [9.17, 15) is 4.79 Å². The maximum atomic E-state index is 13.1. The third-order valence-corrected chi connectivity index (χ3v) is 5.58. The van der Waals surface area contributed by atoms with Crippen LogP contribution in [0.1, 0.15) is 41.3 Å². The second kappa shape index (κ2) is 8.76. The zero-order chi connectivity index (χ0) is 21.1. The van der Waals surface area contributed by atoms with Gasteiger partial charge in [-0.2, -0.15) is 0 Å². The highest BCUT2D eigenvalue weighted by Gasteiger charge is 2.15. The predicted molar refractivity (Wildman–Crippen MR) is 124 cm³/mol. The summed E-state index contributed by atoms with van der Waals surface area (Å²) < 4.78 is 0.911. The molecule has 2 aromatic heterocycles. The third-order valence-electron chi connectivity index (χ3n) is 5.09. The van der Waals surface area contributed by atoms with Gasteiger partial charge < -0.3 is 5.32 Å². The van der Waals surface area contributed by atoms with Crippen molar-refractivity contribution in [2.75, 3.05) is 0 Å². The van der Waals surface area contributed by atoms with Crippen molar-refractivity contribution in [3.63, 3.8) is 0 Å². The van der Waals surface area contributed by atoms with Crippen LogP contribution < -0.4 is 5.32 Å². The fourth-order valence-corrected chi connectivity index (χ4v) is 3.71. The zero-order valence-electron chi connectivity index (χ0n) is 16.9. The van der Waals surface area contributed by atoms with E-state index in [-0.39, 0.29) is 5.91 Å². The van der Waals surface area contributed by atoms with E-state index < -0.39 is 0 Å². The Kier molecular flexibility index (Phi) is 5.91. The lowest BCUT2D eigenvalue weighted by Gasteiger charge is -2.12. The molecule has 1 amide bonds. The van der Waals surface area contributed by atoms with Crippen molar-refractivity contribution in [3.05, 3.63) is 94.2 Å². The quantitative estimate of drug-likeness (QED) is 0.391. The Labute approximate surface area is 184 Å².